The molecule has 2 rings (SSSR count). The average Bonchev–Trinajstić information content (AvgIpc) is 2.80. The van der Waals surface area contributed by atoms with Gasteiger partial charge >= 0.3 is 5.97 Å². The second kappa shape index (κ2) is 6.23. The van der Waals surface area contributed by atoms with Crippen LogP contribution in [-0.4, -0.2) is 20.9 Å². The molecule has 2 aromatic rings. The molecular weight excluding hydrogens is 254 g/mol. The molecule has 0 saturated carbocycles. The number of aromatic nitrogens is 2. The molecular formula is C15H19N3O2. The monoisotopic (exact) mass is 273 g/mol. The highest BCUT2D eigenvalue weighted by Crippen LogP contribution is 2.14. The van der Waals surface area contributed by atoms with Gasteiger partial charge in [0.05, 0.1) is 18.4 Å². The summed E-state index contributed by atoms with van der Waals surface area (Å²) in [6.45, 7) is 2.59. The van der Waals surface area contributed by atoms with Crippen LogP contribution in [0.4, 0.5) is 5.69 Å². The average molecular weight is 273 g/mol. The minimum atomic E-state index is -0.951. The number of anilines is 1. The van der Waals surface area contributed by atoms with Crippen LogP contribution < -0.4 is 5.32 Å². The minimum absolute atomic E-state index is 0.239. The van der Waals surface area contributed by atoms with Crippen LogP contribution in [-0.2, 0) is 20.0 Å². The predicted octanol–water partition coefficient (Wildman–Crippen LogP) is 2.68. The SMILES string of the molecule is CCCc1ccc(NCc2c(C(=O)O)cnn2C)cc1. The van der Waals surface area contributed by atoms with E-state index in [1.54, 1.807) is 11.7 Å². The Morgan fingerprint density at radius 3 is 2.65 bits per heavy atom. The van der Waals surface area contributed by atoms with Crippen molar-refractivity contribution in [2.45, 2.75) is 26.3 Å². The van der Waals surface area contributed by atoms with Gasteiger partial charge in [0, 0.05) is 12.7 Å². The Bertz CT molecular complexity index is 588. The summed E-state index contributed by atoms with van der Waals surface area (Å²) < 4.78 is 1.59. The third-order valence-corrected chi connectivity index (χ3v) is 3.24. The van der Waals surface area contributed by atoms with Crippen LogP contribution in [0.1, 0.15) is 35.0 Å². The van der Waals surface area contributed by atoms with E-state index >= 15 is 0 Å². The molecule has 0 aliphatic rings. The summed E-state index contributed by atoms with van der Waals surface area (Å²) in [4.78, 5) is 11.1. The summed E-state index contributed by atoms with van der Waals surface area (Å²) >= 11 is 0. The van der Waals surface area contributed by atoms with Crippen molar-refractivity contribution in [3.63, 3.8) is 0 Å². The highest BCUT2D eigenvalue weighted by atomic mass is 16.4. The summed E-state index contributed by atoms with van der Waals surface area (Å²) in [5, 5.41) is 16.3. The Morgan fingerprint density at radius 2 is 2.05 bits per heavy atom. The van der Waals surface area contributed by atoms with Crippen molar-refractivity contribution < 1.29 is 9.90 Å². The Hall–Kier alpha value is -2.30. The largest absolute Gasteiger partial charge is 0.478 e. The maximum absolute atomic E-state index is 11.1. The topological polar surface area (TPSA) is 67.2 Å². The van der Waals surface area contributed by atoms with Gasteiger partial charge in [0.15, 0.2) is 0 Å². The van der Waals surface area contributed by atoms with Crippen LogP contribution >= 0.6 is 0 Å². The third kappa shape index (κ3) is 3.17. The lowest BCUT2D eigenvalue weighted by atomic mass is 10.1. The van der Waals surface area contributed by atoms with E-state index in [0.29, 0.717) is 12.2 Å². The van der Waals surface area contributed by atoms with Gasteiger partial charge in [-0.3, -0.25) is 4.68 Å². The highest BCUT2D eigenvalue weighted by Gasteiger charge is 2.14. The van der Waals surface area contributed by atoms with Gasteiger partial charge < -0.3 is 10.4 Å². The number of nitrogens with one attached hydrogen (secondary N) is 1. The van der Waals surface area contributed by atoms with Crippen molar-refractivity contribution >= 4 is 11.7 Å². The highest BCUT2D eigenvalue weighted by molar-refractivity contribution is 5.88. The maximum atomic E-state index is 11.1. The Morgan fingerprint density at radius 1 is 1.35 bits per heavy atom. The fourth-order valence-electron chi connectivity index (χ4n) is 2.11. The van der Waals surface area contributed by atoms with Gasteiger partial charge in [0.25, 0.3) is 0 Å². The zero-order valence-corrected chi connectivity index (χ0v) is 11.8. The second-order valence-electron chi connectivity index (χ2n) is 4.73. The Labute approximate surface area is 118 Å². The molecule has 0 unspecified atom stereocenters. The quantitative estimate of drug-likeness (QED) is 0.849. The van der Waals surface area contributed by atoms with Crippen LogP contribution in [0.25, 0.3) is 0 Å². The first-order valence-corrected chi connectivity index (χ1v) is 6.68. The van der Waals surface area contributed by atoms with Crippen LogP contribution in [0.3, 0.4) is 0 Å². The molecule has 0 atom stereocenters. The molecule has 1 aromatic heterocycles. The Kier molecular flexibility index (Phi) is 4.40. The molecule has 0 radical (unpaired) electrons. The van der Waals surface area contributed by atoms with E-state index in [0.717, 1.165) is 18.5 Å². The lowest BCUT2D eigenvalue weighted by Crippen LogP contribution is -2.10. The van der Waals surface area contributed by atoms with Gasteiger partial charge in [-0.1, -0.05) is 25.5 Å². The van der Waals surface area contributed by atoms with Gasteiger partial charge in [-0.05, 0) is 24.1 Å². The van der Waals surface area contributed by atoms with E-state index in [2.05, 4.69) is 29.5 Å². The van der Waals surface area contributed by atoms with Gasteiger partial charge in [-0.25, -0.2) is 4.79 Å². The fraction of sp³-hybridized carbons (Fsp3) is 0.333. The number of benzene rings is 1. The van der Waals surface area contributed by atoms with Crippen LogP contribution in [0.15, 0.2) is 30.5 Å². The zero-order valence-electron chi connectivity index (χ0n) is 11.8. The first-order chi connectivity index (χ1) is 9.61. The number of carboxylic acid groups (broad SMARTS) is 1. The summed E-state index contributed by atoms with van der Waals surface area (Å²) in [7, 11) is 1.74. The van der Waals surface area contributed by atoms with Crippen molar-refractivity contribution in [1.82, 2.24) is 9.78 Å². The van der Waals surface area contributed by atoms with E-state index in [1.165, 1.54) is 11.8 Å². The number of hydrogen-bond donors (Lipinski definition) is 2. The fourth-order valence-corrected chi connectivity index (χ4v) is 2.11. The molecule has 0 aliphatic carbocycles. The first-order valence-electron chi connectivity index (χ1n) is 6.68. The number of carboxylic acids is 1. The van der Waals surface area contributed by atoms with E-state index in [4.69, 9.17) is 5.11 Å². The van der Waals surface area contributed by atoms with Crippen molar-refractivity contribution in [3.05, 3.63) is 47.3 Å². The second-order valence-corrected chi connectivity index (χ2v) is 4.73. The van der Waals surface area contributed by atoms with Crippen LogP contribution in [0.5, 0.6) is 0 Å². The van der Waals surface area contributed by atoms with Gasteiger partial charge in [0.2, 0.25) is 0 Å². The first kappa shape index (κ1) is 14.1. The van der Waals surface area contributed by atoms with E-state index in [9.17, 15) is 4.79 Å². The lowest BCUT2D eigenvalue weighted by molar-refractivity contribution is 0.0695. The van der Waals surface area contributed by atoms with Crippen LogP contribution in [0, 0.1) is 0 Å². The molecule has 0 amide bonds. The van der Waals surface area contributed by atoms with Gasteiger partial charge in [-0.2, -0.15) is 5.10 Å². The molecule has 20 heavy (non-hydrogen) atoms. The standard InChI is InChI=1S/C15H19N3O2/c1-3-4-11-5-7-12(8-6-11)16-10-14-13(15(19)20)9-17-18(14)2/h5-9,16H,3-4,10H2,1-2H3,(H,19,20). The number of hydrogen-bond acceptors (Lipinski definition) is 3. The maximum Gasteiger partial charge on any atom is 0.339 e. The molecule has 106 valence electrons. The summed E-state index contributed by atoms with van der Waals surface area (Å²) in [6.07, 6.45) is 3.58. The van der Waals surface area contributed by atoms with E-state index < -0.39 is 5.97 Å². The molecule has 5 nitrogen and oxygen atoms in total. The summed E-state index contributed by atoms with van der Waals surface area (Å²) in [5.41, 5.74) is 3.19. The third-order valence-electron chi connectivity index (χ3n) is 3.24. The van der Waals surface area contributed by atoms with Crippen molar-refractivity contribution in [1.29, 1.82) is 0 Å². The number of nitrogens with zero attached hydrogens (tertiary/aromatic N) is 2. The molecule has 0 spiro atoms. The molecule has 5 heteroatoms. The molecule has 0 aliphatic heterocycles. The summed E-state index contributed by atoms with van der Waals surface area (Å²) in [6, 6.07) is 8.21. The molecule has 0 saturated heterocycles. The molecule has 1 heterocycles. The number of carbonyl (C=O) groups is 1. The number of rotatable bonds is 6. The normalized spacial score (nSPS) is 10.5. The molecule has 1 aromatic carbocycles. The molecule has 2 N–H and O–H groups in total. The van der Waals surface area contributed by atoms with E-state index in [1.807, 2.05) is 12.1 Å². The smallest absolute Gasteiger partial charge is 0.339 e. The van der Waals surface area contributed by atoms with Crippen molar-refractivity contribution in [2.75, 3.05) is 5.32 Å². The number of aryl methyl sites for hydroxylation is 2. The predicted molar refractivity (Wildman–Crippen MR) is 77.9 cm³/mol. The summed E-state index contributed by atoms with van der Waals surface area (Å²) in [5.74, 6) is -0.951. The van der Waals surface area contributed by atoms with Gasteiger partial charge in [0.1, 0.15) is 5.56 Å². The molecule has 0 bridgehead atoms. The number of aromatic carboxylic acids is 1. The minimum Gasteiger partial charge on any atom is -0.478 e. The van der Waals surface area contributed by atoms with Crippen LogP contribution in [0.2, 0.25) is 0 Å². The Balaban J connectivity index is 2.05. The van der Waals surface area contributed by atoms with Crippen molar-refractivity contribution in [3.8, 4) is 0 Å². The van der Waals surface area contributed by atoms with Gasteiger partial charge in [-0.15, -0.1) is 0 Å². The zero-order chi connectivity index (χ0) is 14.5. The molecule has 0 fully saturated rings. The lowest BCUT2D eigenvalue weighted by Gasteiger charge is -2.08. The van der Waals surface area contributed by atoms with Crippen molar-refractivity contribution in [2.24, 2.45) is 7.05 Å². The van der Waals surface area contributed by atoms with E-state index in [-0.39, 0.29) is 5.56 Å².